The molecule has 1 fully saturated rings. The molecule has 3 nitrogen and oxygen atoms in total. The maximum atomic E-state index is 11.4. The van der Waals surface area contributed by atoms with Gasteiger partial charge in [0, 0.05) is 19.0 Å². The Labute approximate surface area is 86.6 Å². The highest BCUT2D eigenvalue weighted by molar-refractivity contribution is 6.22. The van der Waals surface area contributed by atoms with E-state index in [0.717, 1.165) is 32.5 Å². The van der Waals surface area contributed by atoms with E-state index in [1.807, 2.05) is 14.8 Å². The number of rotatable bonds is 4. The monoisotopic (exact) mass is 198 g/mol. The molecule has 0 spiro atoms. The van der Waals surface area contributed by atoms with E-state index < -0.39 is 0 Å². The zero-order chi connectivity index (χ0) is 10.4. The van der Waals surface area contributed by atoms with Crippen LogP contribution in [0.2, 0.25) is 5.82 Å². The molecule has 0 amide bonds. The van der Waals surface area contributed by atoms with E-state index in [4.69, 9.17) is 9.47 Å². The van der Waals surface area contributed by atoms with E-state index in [9.17, 15) is 4.79 Å². The van der Waals surface area contributed by atoms with Crippen LogP contribution in [0.4, 0.5) is 0 Å². The predicted octanol–water partition coefficient (Wildman–Crippen LogP) is 0.788. The van der Waals surface area contributed by atoms with Gasteiger partial charge in [-0.1, -0.05) is 0 Å². The molecule has 80 valence electrons. The molecule has 1 unspecified atom stereocenters. The Morgan fingerprint density at radius 2 is 2.21 bits per heavy atom. The Kier molecular flexibility index (Phi) is 5.01. The highest BCUT2D eigenvalue weighted by atomic mass is 16.5. The van der Waals surface area contributed by atoms with Crippen molar-refractivity contribution < 1.29 is 14.3 Å². The van der Waals surface area contributed by atoms with Gasteiger partial charge in [-0.3, -0.25) is 4.79 Å². The van der Waals surface area contributed by atoms with Gasteiger partial charge in [0.05, 0.1) is 6.61 Å². The summed E-state index contributed by atoms with van der Waals surface area (Å²) in [5.74, 6) is 0.625. The minimum Gasteiger partial charge on any atom is -0.466 e. The van der Waals surface area contributed by atoms with E-state index in [-0.39, 0.29) is 11.8 Å². The largest absolute Gasteiger partial charge is 0.466 e. The molecule has 14 heavy (non-hydrogen) atoms. The van der Waals surface area contributed by atoms with Crippen molar-refractivity contribution in [2.75, 3.05) is 19.8 Å². The second-order valence-corrected chi connectivity index (χ2v) is 3.94. The molecule has 1 heterocycles. The number of carbonyl (C=O) groups is 1. The molecule has 1 aliphatic rings. The first-order valence-corrected chi connectivity index (χ1v) is 5.48. The number of ether oxygens (including phenoxy) is 2. The molecule has 0 aromatic heterocycles. The lowest BCUT2D eigenvalue weighted by Crippen LogP contribution is -2.21. The van der Waals surface area contributed by atoms with Crippen LogP contribution in [0.15, 0.2) is 0 Å². The fourth-order valence-corrected chi connectivity index (χ4v) is 1.86. The van der Waals surface area contributed by atoms with E-state index in [1.54, 1.807) is 0 Å². The maximum Gasteiger partial charge on any atom is 0.300 e. The van der Waals surface area contributed by atoms with Crippen molar-refractivity contribution in [2.24, 2.45) is 5.92 Å². The summed E-state index contributed by atoms with van der Waals surface area (Å²) in [6.07, 6.45) is 3.12. The molecule has 1 atom stereocenters. The lowest BCUT2D eigenvalue weighted by atomic mass is 9.78. The van der Waals surface area contributed by atoms with Crippen LogP contribution in [0.1, 0.15) is 26.2 Å². The van der Waals surface area contributed by atoms with Gasteiger partial charge >= 0.3 is 5.97 Å². The maximum absolute atomic E-state index is 11.4. The topological polar surface area (TPSA) is 35.5 Å². The van der Waals surface area contributed by atoms with E-state index in [2.05, 4.69) is 0 Å². The molecular weight excluding hydrogens is 179 g/mol. The number of hydrogen-bond acceptors (Lipinski definition) is 3. The summed E-state index contributed by atoms with van der Waals surface area (Å²) in [4.78, 5) is 11.4. The average molecular weight is 198 g/mol. The van der Waals surface area contributed by atoms with Crippen LogP contribution in [0.3, 0.4) is 0 Å². The minimum absolute atomic E-state index is 0.0399. The van der Waals surface area contributed by atoms with E-state index >= 15 is 0 Å². The summed E-state index contributed by atoms with van der Waals surface area (Å²) in [6.45, 7) is 4.02. The molecular formula is C10H19BO3. The lowest BCUT2D eigenvalue weighted by Gasteiger charge is -2.24. The van der Waals surface area contributed by atoms with Gasteiger partial charge < -0.3 is 9.47 Å². The van der Waals surface area contributed by atoms with Crippen molar-refractivity contribution >= 4 is 13.8 Å². The van der Waals surface area contributed by atoms with Crippen LogP contribution >= 0.6 is 0 Å². The molecule has 4 heteroatoms. The van der Waals surface area contributed by atoms with Crippen LogP contribution in [0, 0.1) is 5.92 Å². The third-order valence-electron chi connectivity index (χ3n) is 2.72. The summed E-state index contributed by atoms with van der Waals surface area (Å²) < 4.78 is 10.2. The molecule has 0 aliphatic carbocycles. The third-order valence-corrected chi connectivity index (χ3v) is 2.72. The van der Waals surface area contributed by atoms with Gasteiger partial charge in [-0.15, -0.1) is 0 Å². The number of carbonyl (C=O) groups excluding carboxylic acids is 1. The van der Waals surface area contributed by atoms with E-state index in [1.165, 1.54) is 0 Å². The Morgan fingerprint density at radius 1 is 1.57 bits per heavy atom. The molecule has 1 aliphatic heterocycles. The number of hydrogen-bond donors (Lipinski definition) is 0. The quantitative estimate of drug-likeness (QED) is 0.494. The molecule has 0 radical (unpaired) electrons. The van der Waals surface area contributed by atoms with Crippen molar-refractivity contribution in [2.45, 2.75) is 32.0 Å². The van der Waals surface area contributed by atoms with Gasteiger partial charge in [-0.05, 0) is 32.1 Å². The predicted molar refractivity (Wildman–Crippen MR) is 57.1 cm³/mol. The van der Waals surface area contributed by atoms with Gasteiger partial charge in [0.25, 0.3) is 0 Å². The van der Waals surface area contributed by atoms with Crippen LogP contribution in [0.5, 0.6) is 0 Å². The van der Waals surface area contributed by atoms with Crippen LogP contribution in [-0.4, -0.2) is 33.6 Å². The van der Waals surface area contributed by atoms with Gasteiger partial charge in [-0.2, -0.15) is 0 Å². The molecule has 0 saturated carbocycles. The summed E-state index contributed by atoms with van der Waals surface area (Å²) >= 11 is 0. The zero-order valence-corrected chi connectivity index (χ0v) is 9.12. The molecule has 0 aromatic carbocycles. The Balaban J connectivity index is 2.24. The standard InChI is InChI=1S/C10H19BO3/c1-2-14-10(12)9(11)7-8-3-5-13-6-4-8/h8-9H,2-7,11H2,1H3. The second-order valence-electron chi connectivity index (χ2n) is 3.94. The van der Waals surface area contributed by atoms with Crippen molar-refractivity contribution in [3.05, 3.63) is 0 Å². The first-order valence-electron chi connectivity index (χ1n) is 5.48. The Hall–Kier alpha value is -0.505. The highest BCUT2D eigenvalue weighted by Gasteiger charge is 2.21. The fraction of sp³-hybridized carbons (Fsp3) is 0.900. The highest BCUT2D eigenvalue weighted by Crippen LogP contribution is 2.24. The zero-order valence-electron chi connectivity index (χ0n) is 9.12. The molecule has 0 bridgehead atoms. The summed E-state index contributed by atoms with van der Waals surface area (Å²) in [5.41, 5.74) is 0. The summed E-state index contributed by atoms with van der Waals surface area (Å²) in [6, 6.07) is 0. The third kappa shape index (κ3) is 3.70. The van der Waals surface area contributed by atoms with Gasteiger partial charge in [-0.25, -0.2) is 0 Å². The van der Waals surface area contributed by atoms with Crippen molar-refractivity contribution in [3.8, 4) is 0 Å². The average Bonchev–Trinajstić information content (AvgIpc) is 2.19. The van der Waals surface area contributed by atoms with Gasteiger partial charge in [0.1, 0.15) is 7.85 Å². The smallest absolute Gasteiger partial charge is 0.300 e. The fourth-order valence-electron chi connectivity index (χ4n) is 1.86. The second kappa shape index (κ2) is 6.07. The summed E-state index contributed by atoms with van der Waals surface area (Å²) in [5, 5.41) is 0. The van der Waals surface area contributed by atoms with Crippen LogP contribution in [-0.2, 0) is 14.3 Å². The Morgan fingerprint density at radius 3 is 2.79 bits per heavy atom. The SMILES string of the molecule is BC(CC1CCOCC1)C(=O)OCC. The van der Waals surface area contributed by atoms with Gasteiger partial charge in [0.15, 0.2) is 0 Å². The van der Waals surface area contributed by atoms with Crippen LogP contribution < -0.4 is 0 Å². The van der Waals surface area contributed by atoms with Crippen molar-refractivity contribution in [1.29, 1.82) is 0 Å². The minimum atomic E-state index is -0.0565. The molecule has 0 N–H and O–H groups in total. The molecule has 1 rings (SSSR count). The normalized spacial score (nSPS) is 20.4. The van der Waals surface area contributed by atoms with Crippen molar-refractivity contribution in [1.82, 2.24) is 0 Å². The summed E-state index contributed by atoms with van der Waals surface area (Å²) in [7, 11) is 1.95. The first-order chi connectivity index (χ1) is 6.74. The Bertz CT molecular complexity index is 178. The van der Waals surface area contributed by atoms with Crippen molar-refractivity contribution in [3.63, 3.8) is 0 Å². The molecule has 1 saturated heterocycles. The first kappa shape index (κ1) is 11.6. The van der Waals surface area contributed by atoms with Gasteiger partial charge in [0.2, 0.25) is 0 Å². The number of esters is 1. The molecule has 0 aromatic rings. The lowest BCUT2D eigenvalue weighted by molar-refractivity contribution is -0.143. The van der Waals surface area contributed by atoms with E-state index in [0.29, 0.717) is 12.5 Å². The van der Waals surface area contributed by atoms with Crippen LogP contribution in [0.25, 0.3) is 0 Å².